The molecule has 5 heteroatoms. The SMILES string of the molecule is OCc1cn(-c2cccc3cccnc23)nn1. The molecule has 0 bridgehead atoms. The van der Waals surface area contributed by atoms with Crippen LogP contribution in [0.15, 0.2) is 42.7 Å². The minimum atomic E-state index is -0.113. The summed E-state index contributed by atoms with van der Waals surface area (Å²) in [6, 6.07) is 9.75. The van der Waals surface area contributed by atoms with E-state index in [0.717, 1.165) is 16.6 Å². The van der Waals surface area contributed by atoms with Crippen LogP contribution in [0, 0.1) is 0 Å². The summed E-state index contributed by atoms with van der Waals surface area (Å²) in [5, 5.41) is 17.9. The zero-order valence-electron chi connectivity index (χ0n) is 8.98. The van der Waals surface area contributed by atoms with Gasteiger partial charge in [0.05, 0.1) is 24.0 Å². The van der Waals surface area contributed by atoms with Gasteiger partial charge in [-0.2, -0.15) is 0 Å². The van der Waals surface area contributed by atoms with Gasteiger partial charge < -0.3 is 5.11 Å². The van der Waals surface area contributed by atoms with Gasteiger partial charge in [-0.15, -0.1) is 5.10 Å². The molecule has 17 heavy (non-hydrogen) atoms. The summed E-state index contributed by atoms with van der Waals surface area (Å²) in [5.74, 6) is 0. The number of fused-ring (bicyclic) bond motifs is 1. The molecule has 2 heterocycles. The smallest absolute Gasteiger partial charge is 0.109 e. The van der Waals surface area contributed by atoms with E-state index in [1.807, 2.05) is 30.3 Å². The first-order valence-corrected chi connectivity index (χ1v) is 5.25. The summed E-state index contributed by atoms with van der Waals surface area (Å²) < 4.78 is 1.63. The molecule has 3 rings (SSSR count). The molecule has 84 valence electrons. The summed E-state index contributed by atoms with van der Waals surface area (Å²) in [7, 11) is 0. The molecular weight excluding hydrogens is 216 g/mol. The zero-order chi connectivity index (χ0) is 11.7. The highest BCUT2D eigenvalue weighted by molar-refractivity contribution is 5.85. The standard InChI is InChI=1S/C12H10N4O/c17-8-10-7-16(15-14-10)11-5-1-3-9-4-2-6-13-12(9)11/h1-7,17H,8H2. The zero-order valence-corrected chi connectivity index (χ0v) is 8.98. The lowest BCUT2D eigenvalue weighted by atomic mass is 10.2. The summed E-state index contributed by atoms with van der Waals surface area (Å²) in [5.41, 5.74) is 2.26. The van der Waals surface area contributed by atoms with Gasteiger partial charge in [0, 0.05) is 11.6 Å². The Labute approximate surface area is 97.3 Å². The molecule has 0 saturated carbocycles. The van der Waals surface area contributed by atoms with Gasteiger partial charge >= 0.3 is 0 Å². The van der Waals surface area contributed by atoms with E-state index in [0.29, 0.717) is 5.69 Å². The van der Waals surface area contributed by atoms with Gasteiger partial charge in [-0.25, -0.2) is 4.68 Å². The molecule has 0 spiro atoms. The van der Waals surface area contributed by atoms with Crippen LogP contribution in [0.25, 0.3) is 16.6 Å². The lowest BCUT2D eigenvalue weighted by molar-refractivity contribution is 0.276. The third-order valence-corrected chi connectivity index (χ3v) is 2.56. The van der Waals surface area contributed by atoms with Crippen LogP contribution in [-0.2, 0) is 6.61 Å². The van der Waals surface area contributed by atoms with Crippen LogP contribution >= 0.6 is 0 Å². The Hall–Kier alpha value is -2.27. The monoisotopic (exact) mass is 226 g/mol. The molecule has 2 aromatic heterocycles. The number of nitrogens with zero attached hydrogens (tertiary/aromatic N) is 4. The second-order valence-corrected chi connectivity index (χ2v) is 3.66. The van der Waals surface area contributed by atoms with Gasteiger partial charge in [0.15, 0.2) is 0 Å². The largest absolute Gasteiger partial charge is 0.390 e. The normalized spacial score (nSPS) is 10.9. The van der Waals surface area contributed by atoms with E-state index < -0.39 is 0 Å². The topological polar surface area (TPSA) is 63.8 Å². The number of benzene rings is 1. The summed E-state index contributed by atoms with van der Waals surface area (Å²) in [4.78, 5) is 4.34. The van der Waals surface area contributed by atoms with Crippen LogP contribution < -0.4 is 0 Å². The Morgan fingerprint density at radius 2 is 2.06 bits per heavy atom. The lowest BCUT2D eigenvalue weighted by Gasteiger charge is -2.03. The number of pyridine rings is 1. The average molecular weight is 226 g/mol. The van der Waals surface area contributed by atoms with Gasteiger partial charge in [0.1, 0.15) is 5.69 Å². The first kappa shape index (κ1) is 9.92. The number of aliphatic hydroxyl groups excluding tert-OH is 1. The van der Waals surface area contributed by atoms with Crippen LogP contribution in [0.1, 0.15) is 5.69 Å². The predicted molar refractivity (Wildman–Crippen MR) is 62.6 cm³/mol. The average Bonchev–Trinajstić information content (AvgIpc) is 2.87. The van der Waals surface area contributed by atoms with Gasteiger partial charge in [0.25, 0.3) is 0 Å². The fraction of sp³-hybridized carbons (Fsp3) is 0.0833. The lowest BCUT2D eigenvalue weighted by Crippen LogP contribution is -1.97. The summed E-state index contributed by atoms with van der Waals surface area (Å²) >= 11 is 0. The number of hydrogen-bond acceptors (Lipinski definition) is 4. The number of rotatable bonds is 2. The molecule has 0 unspecified atom stereocenters. The first-order chi connectivity index (χ1) is 8.38. The molecule has 0 fully saturated rings. The second-order valence-electron chi connectivity index (χ2n) is 3.66. The van der Waals surface area contributed by atoms with Crippen molar-refractivity contribution in [2.75, 3.05) is 0 Å². The highest BCUT2D eigenvalue weighted by Gasteiger charge is 2.06. The number of aliphatic hydroxyl groups is 1. The van der Waals surface area contributed by atoms with Crippen molar-refractivity contribution in [3.63, 3.8) is 0 Å². The molecule has 1 N–H and O–H groups in total. The van der Waals surface area contributed by atoms with Crippen molar-refractivity contribution < 1.29 is 5.11 Å². The van der Waals surface area contributed by atoms with E-state index in [9.17, 15) is 0 Å². The molecule has 0 atom stereocenters. The Kier molecular flexibility index (Phi) is 2.31. The van der Waals surface area contributed by atoms with Crippen molar-refractivity contribution >= 4 is 10.9 Å². The molecule has 0 saturated heterocycles. The maximum atomic E-state index is 8.98. The fourth-order valence-corrected chi connectivity index (χ4v) is 1.76. The molecule has 0 aliphatic carbocycles. The number of para-hydroxylation sites is 1. The second kappa shape index (κ2) is 3.95. The molecular formula is C12H10N4O. The van der Waals surface area contributed by atoms with Crippen LogP contribution in [0.3, 0.4) is 0 Å². The number of hydrogen-bond donors (Lipinski definition) is 1. The van der Waals surface area contributed by atoms with Crippen LogP contribution in [0.2, 0.25) is 0 Å². The van der Waals surface area contributed by atoms with E-state index in [4.69, 9.17) is 5.11 Å². The van der Waals surface area contributed by atoms with E-state index in [-0.39, 0.29) is 6.61 Å². The highest BCUT2D eigenvalue weighted by atomic mass is 16.3. The van der Waals surface area contributed by atoms with Crippen molar-refractivity contribution in [2.24, 2.45) is 0 Å². The van der Waals surface area contributed by atoms with Crippen molar-refractivity contribution in [1.82, 2.24) is 20.0 Å². The van der Waals surface area contributed by atoms with Crippen LogP contribution in [0.4, 0.5) is 0 Å². The Balaban J connectivity index is 2.23. The van der Waals surface area contributed by atoms with Gasteiger partial charge in [-0.3, -0.25) is 4.98 Å². The minimum Gasteiger partial charge on any atom is -0.390 e. The van der Waals surface area contributed by atoms with Gasteiger partial charge in [-0.05, 0) is 12.1 Å². The maximum absolute atomic E-state index is 8.98. The molecule has 0 radical (unpaired) electrons. The molecule has 1 aromatic carbocycles. The number of aromatic nitrogens is 4. The third kappa shape index (κ3) is 1.66. The fourth-order valence-electron chi connectivity index (χ4n) is 1.76. The quantitative estimate of drug-likeness (QED) is 0.715. The van der Waals surface area contributed by atoms with Crippen LogP contribution in [0.5, 0.6) is 0 Å². The Morgan fingerprint density at radius 3 is 2.88 bits per heavy atom. The van der Waals surface area contributed by atoms with Crippen molar-refractivity contribution in [3.05, 3.63) is 48.4 Å². The first-order valence-electron chi connectivity index (χ1n) is 5.25. The molecule has 3 aromatic rings. The molecule has 0 aliphatic heterocycles. The summed E-state index contributed by atoms with van der Waals surface area (Å²) in [6.45, 7) is -0.113. The molecule has 0 amide bonds. The van der Waals surface area contributed by atoms with E-state index in [2.05, 4.69) is 15.3 Å². The predicted octanol–water partition coefficient (Wildman–Crippen LogP) is 1.31. The van der Waals surface area contributed by atoms with Crippen molar-refractivity contribution in [2.45, 2.75) is 6.61 Å². The maximum Gasteiger partial charge on any atom is 0.109 e. The Morgan fingerprint density at radius 1 is 1.18 bits per heavy atom. The highest BCUT2D eigenvalue weighted by Crippen LogP contribution is 2.18. The summed E-state index contributed by atoms with van der Waals surface area (Å²) in [6.07, 6.45) is 3.44. The van der Waals surface area contributed by atoms with E-state index in [1.165, 1.54) is 0 Å². The van der Waals surface area contributed by atoms with Crippen molar-refractivity contribution in [1.29, 1.82) is 0 Å². The van der Waals surface area contributed by atoms with Crippen molar-refractivity contribution in [3.8, 4) is 5.69 Å². The molecule has 5 nitrogen and oxygen atoms in total. The van der Waals surface area contributed by atoms with E-state index >= 15 is 0 Å². The van der Waals surface area contributed by atoms with Gasteiger partial charge in [-0.1, -0.05) is 23.4 Å². The minimum absolute atomic E-state index is 0.113. The van der Waals surface area contributed by atoms with E-state index in [1.54, 1.807) is 17.1 Å². The van der Waals surface area contributed by atoms with Crippen LogP contribution in [-0.4, -0.2) is 25.1 Å². The Bertz CT molecular complexity index is 657. The third-order valence-electron chi connectivity index (χ3n) is 2.56. The molecule has 0 aliphatic rings. The van der Waals surface area contributed by atoms with Gasteiger partial charge in [0.2, 0.25) is 0 Å².